The lowest BCUT2D eigenvalue weighted by molar-refractivity contribution is 0.0916. The number of carbonyl (C=O) groups is 2. The first kappa shape index (κ1) is 18.6. The zero-order chi connectivity index (χ0) is 18.4. The molecule has 1 saturated carbocycles. The lowest BCUT2D eigenvalue weighted by Crippen LogP contribution is -2.46. The Morgan fingerprint density at radius 1 is 1.12 bits per heavy atom. The molecule has 6 heteroatoms. The largest absolute Gasteiger partial charge is 0.348 e. The Morgan fingerprint density at radius 2 is 1.88 bits per heavy atom. The van der Waals surface area contributed by atoms with Gasteiger partial charge in [0.2, 0.25) is 0 Å². The summed E-state index contributed by atoms with van der Waals surface area (Å²) in [6.07, 6.45) is 5.88. The van der Waals surface area contributed by atoms with Crippen molar-refractivity contribution in [2.24, 2.45) is 11.7 Å². The smallest absolute Gasteiger partial charge is 0.256 e. The van der Waals surface area contributed by atoms with Crippen molar-refractivity contribution >= 4 is 28.8 Å². The molecule has 1 unspecified atom stereocenters. The summed E-state index contributed by atoms with van der Waals surface area (Å²) >= 11 is 1.46. The summed E-state index contributed by atoms with van der Waals surface area (Å²) in [6.45, 7) is 0.430. The van der Waals surface area contributed by atoms with Gasteiger partial charge in [0.25, 0.3) is 11.8 Å². The van der Waals surface area contributed by atoms with Crippen LogP contribution in [0.1, 0.15) is 52.8 Å². The average molecular weight is 372 g/mol. The van der Waals surface area contributed by atoms with Gasteiger partial charge < -0.3 is 16.4 Å². The molecule has 3 rings (SSSR count). The summed E-state index contributed by atoms with van der Waals surface area (Å²) in [4.78, 5) is 25.1. The molecule has 1 aromatic carbocycles. The molecule has 0 bridgehead atoms. The molecule has 1 aliphatic carbocycles. The van der Waals surface area contributed by atoms with E-state index in [0.29, 0.717) is 29.3 Å². The highest BCUT2D eigenvalue weighted by Gasteiger charge is 2.25. The molecule has 0 spiro atoms. The molecule has 0 radical (unpaired) electrons. The second-order valence-electron chi connectivity index (χ2n) is 6.73. The summed E-state index contributed by atoms with van der Waals surface area (Å²) in [5.74, 6) is 0.0339. The van der Waals surface area contributed by atoms with Gasteiger partial charge in [-0.2, -0.15) is 11.3 Å². The molecule has 0 saturated heterocycles. The molecule has 4 N–H and O–H groups in total. The van der Waals surface area contributed by atoms with Crippen LogP contribution < -0.4 is 16.4 Å². The molecule has 138 valence electrons. The molecule has 1 fully saturated rings. The van der Waals surface area contributed by atoms with Gasteiger partial charge in [0.1, 0.15) is 0 Å². The second kappa shape index (κ2) is 8.96. The fourth-order valence-electron chi connectivity index (χ4n) is 3.53. The maximum Gasteiger partial charge on any atom is 0.256 e. The molecule has 1 atom stereocenters. The van der Waals surface area contributed by atoms with Crippen molar-refractivity contribution in [3.63, 3.8) is 0 Å². The minimum Gasteiger partial charge on any atom is -0.348 e. The van der Waals surface area contributed by atoms with E-state index in [1.165, 1.54) is 30.6 Å². The van der Waals surface area contributed by atoms with Crippen LogP contribution in [0.25, 0.3) is 0 Å². The highest BCUT2D eigenvalue weighted by Crippen LogP contribution is 2.26. The van der Waals surface area contributed by atoms with Gasteiger partial charge in [-0.15, -0.1) is 0 Å². The van der Waals surface area contributed by atoms with Gasteiger partial charge in [-0.25, -0.2) is 0 Å². The summed E-state index contributed by atoms with van der Waals surface area (Å²) in [5.41, 5.74) is 7.50. The molecule has 2 aromatic rings. The van der Waals surface area contributed by atoms with Crippen molar-refractivity contribution in [3.8, 4) is 0 Å². The Bertz CT molecular complexity index is 739. The first-order valence-electron chi connectivity index (χ1n) is 9.12. The van der Waals surface area contributed by atoms with Gasteiger partial charge in [-0.3, -0.25) is 9.59 Å². The third kappa shape index (κ3) is 4.51. The first-order valence-corrected chi connectivity index (χ1v) is 10.1. The zero-order valence-corrected chi connectivity index (χ0v) is 15.6. The van der Waals surface area contributed by atoms with Crippen LogP contribution in [0.3, 0.4) is 0 Å². The van der Waals surface area contributed by atoms with Crippen molar-refractivity contribution in [2.75, 3.05) is 11.9 Å². The number of thiophene rings is 1. The van der Waals surface area contributed by atoms with E-state index in [1.807, 2.05) is 11.4 Å². The number of rotatable bonds is 6. The van der Waals surface area contributed by atoms with E-state index in [1.54, 1.807) is 29.6 Å². The van der Waals surface area contributed by atoms with Gasteiger partial charge in [0, 0.05) is 18.0 Å². The number of benzene rings is 1. The summed E-state index contributed by atoms with van der Waals surface area (Å²) in [6, 6.07) is 8.82. The Kier molecular flexibility index (Phi) is 6.41. The fraction of sp³-hybridized carbons (Fsp3) is 0.400. The predicted molar refractivity (Wildman–Crippen MR) is 106 cm³/mol. The number of carbonyl (C=O) groups excluding carboxylic acids is 2. The van der Waals surface area contributed by atoms with Crippen molar-refractivity contribution in [1.29, 1.82) is 0 Å². The highest BCUT2D eigenvalue weighted by atomic mass is 32.1. The van der Waals surface area contributed by atoms with Crippen molar-refractivity contribution in [3.05, 3.63) is 52.2 Å². The van der Waals surface area contributed by atoms with E-state index in [9.17, 15) is 9.59 Å². The summed E-state index contributed by atoms with van der Waals surface area (Å²) in [5, 5.41) is 9.56. The lowest BCUT2D eigenvalue weighted by atomic mass is 9.84. The van der Waals surface area contributed by atoms with Gasteiger partial charge in [0.05, 0.1) is 16.8 Å². The number of para-hydroxylation sites is 1. The number of anilines is 1. The minimum atomic E-state index is -0.214. The van der Waals surface area contributed by atoms with E-state index in [0.717, 1.165) is 12.8 Å². The van der Waals surface area contributed by atoms with Crippen LogP contribution in [0, 0.1) is 5.92 Å². The second-order valence-corrected chi connectivity index (χ2v) is 7.51. The minimum absolute atomic E-state index is 0.0246. The van der Waals surface area contributed by atoms with E-state index in [2.05, 4.69) is 10.6 Å². The Hall–Kier alpha value is -2.18. The van der Waals surface area contributed by atoms with Crippen LogP contribution in [0.15, 0.2) is 41.1 Å². The fourth-order valence-corrected chi connectivity index (χ4v) is 4.17. The maximum atomic E-state index is 12.8. The van der Waals surface area contributed by atoms with Gasteiger partial charge in [0.15, 0.2) is 0 Å². The first-order chi connectivity index (χ1) is 12.7. The van der Waals surface area contributed by atoms with E-state index >= 15 is 0 Å². The monoisotopic (exact) mass is 371 g/mol. The topological polar surface area (TPSA) is 84.2 Å². The quantitative estimate of drug-likeness (QED) is 0.725. The van der Waals surface area contributed by atoms with Crippen molar-refractivity contribution < 1.29 is 9.59 Å². The van der Waals surface area contributed by atoms with Gasteiger partial charge in [-0.1, -0.05) is 31.4 Å². The third-order valence-electron chi connectivity index (χ3n) is 4.99. The third-order valence-corrected chi connectivity index (χ3v) is 5.68. The van der Waals surface area contributed by atoms with Crippen molar-refractivity contribution in [1.82, 2.24) is 5.32 Å². The maximum absolute atomic E-state index is 12.8. The standard InChI is InChI=1S/C20H25N3O2S/c21-12-18(14-6-2-1-3-7-14)23-20(25)16-8-4-5-9-17(16)22-19(24)15-10-11-26-13-15/h4-5,8-11,13-14,18H,1-3,6-7,12,21H2,(H,22,24)(H,23,25). The number of hydrogen-bond donors (Lipinski definition) is 3. The van der Waals surface area contributed by atoms with Crippen LogP contribution in [-0.2, 0) is 0 Å². The zero-order valence-electron chi connectivity index (χ0n) is 14.7. The molecular formula is C20H25N3O2S. The SMILES string of the molecule is NCC(NC(=O)c1ccccc1NC(=O)c1ccsc1)C1CCCCC1. The van der Waals surface area contributed by atoms with E-state index in [-0.39, 0.29) is 17.9 Å². The van der Waals surface area contributed by atoms with Crippen LogP contribution in [0.4, 0.5) is 5.69 Å². The van der Waals surface area contributed by atoms with Crippen LogP contribution in [0.5, 0.6) is 0 Å². The summed E-state index contributed by atoms with van der Waals surface area (Å²) < 4.78 is 0. The normalized spacial score (nSPS) is 16.0. The lowest BCUT2D eigenvalue weighted by Gasteiger charge is -2.30. The molecule has 1 aromatic heterocycles. The van der Waals surface area contributed by atoms with Gasteiger partial charge >= 0.3 is 0 Å². The highest BCUT2D eigenvalue weighted by molar-refractivity contribution is 7.08. The molecule has 2 amide bonds. The van der Waals surface area contributed by atoms with Crippen LogP contribution >= 0.6 is 11.3 Å². The Morgan fingerprint density at radius 3 is 2.58 bits per heavy atom. The number of nitrogens with two attached hydrogens (primary N) is 1. The average Bonchev–Trinajstić information content (AvgIpc) is 3.22. The van der Waals surface area contributed by atoms with Crippen LogP contribution in [-0.4, -0.2) is 24.4 Å². The molecular weight excluding hydrogens is 346 g/mol. The number of amides is 2. The Balaban J connectivity index is 1.71. The molecule has 26 heavy (non-hydrogen) atoms. The van der Waals surface area contributed by atoms with E-state index in [4.69, 9.17) is 5.73 Å². The molecule has 5 nitrogen and oxygen atoms in total. The van der Waals surface area contributed by atoms with E-state index < -0.39 is 0 Å². The predicted octanol–water partition coefficient (Wildman–Crippen LogP) is 3.64. The molecule has 1 heterocycles. The molecule has 0 aliphatic heterocycles. The van der Waals surface area contributed by atoms with Crippen LogP contribution in [0.2, 0.25) is 0 Å². The molecule has 1 aliphatic rings. The summed E-state index contributed by atoms with van der Waals surface area (Å²) in [7, 11) is 0. The number of nitrogens with one attached hydrogen (secondary N) is 2. The van der Waals surface area contributed by atoms with Crippen molar-refractivity contribution in [2.45, 2.75) is 38.1 Å². The van der Waals surface area contributed by atoms with Gasteiger partial charge in [-0.05, 0) is 42.3 Å². The number of hydrogen-bond acceptors (Lipinski definition) is 4. The Labute approximate surface area is 158 Å².